The Morgan fingerprint density at radius 3 is 1.37 bits per heavy atom. The normalized spacial score (nSPS) is 11.3. The van der Waals surface area contributed by atoms with Crippen molar-refractivity contribution in [2.45, 2.75) is 27.7 Å². The van der Waals surface area contributed by atoms with E-state index >= 15 is 0 Å². The predicted molar refractivity (Wildman–Crippen MR) is 148 cm³/mol. The standard InChI is InChI=1S/C30H32N6O2/c1-21(2)19-37-29-11-7-5-9-25(29)27-17-35(33-31-27)23-13-15-24(16-14-23)36-18-28(32-34-36)26-10-6-8-12-30(26)38-20-22(3)4/h5-18,21-22H,19-20H2,1-4H3. The Labute approximate surface area is 222 Å². The SMILES string of the molecule is CC(C)COc1ccccc1-c1cn(-c2ccc(-n3cc(-c4ccccc4OCC(C)C)nn3)cc2)nn1. The van der Waals surface area contributed by atoms with Crippen LogP contribution in [0.5, 0.6) is 11.5 Å². The first-order chi connectivity index (χ1) is 18.5. The van der Waals surface area contributed by atoms with Crippen molar-refractivity contribution in [1.82, 2.24) is 30.0 Å². The minimum Gasteiger partial charge on any atom is -0.493 e. The van der Waals surface area contributed by atoms with Crippen molar-refractivity contribution in [3.8, 4) is 45.4 Å². The number of benzene rings is 3. The number of ether oxygens (including phenoxy) is 2. The molecule has 2 heterocycles. The summed E-state index contributed by atoms with van der Waals surface area (Å²) in [6.07, 6.45) is 3.82. The fraction of sp³-hybridized carbons (Fsp3) is 0.267. The average Bonchev–Trinajstić information content (AvgIpc) is 3.62. The van der Waals surface area contributed by atoms with Crippen LogP contribution in [0, 0.1) is 11.8 Å². The van der Waals surface area contributed by atoms with E-state index < -0.39 is 0 Å². The van der Waals surface area contributed by atoms with Crippen molar-refractivity contribution in [1.29, 1.82) is 0 Å². The number of hydrogen-bond acceptors (Lipinski definition) is 6. The molecule has 0 aliphatic rings. The van der Waals surface area contributed by atoms with Crippen molar-refractivity contribution >= 4 is 0 Å². The van der Waals surface area contributed by atoms with Crippen LogP contribution < -0.4 is 9.47 Å². The van der Waals surface area contributed by atoms with Gasteiger partial charge >= 0.3 is 0 Å². The van der Waals surface area contributed by atoms with Gasteiger partial charge in [-0.3, -0.25) is 0 Å². The van der Waals surface area contributed by atoms with Gasteiger partial charge in [0.05, 0.1) is 37.0 Å². The van der Waals surface area contributed by atoms with Crippen molar-refractivity contribution in [2.24, 2.45) is 11.8 Å². The second kappa shape index (κ2) is 11.3. The van der Waals surface area contributed by atoms with Crippen LogP contribution in [0.15, 0.2) is 85.2 Å². The highest BCUT2D eigenvalue weighted by Gasteiger charge is 2.13. The first kappa shape index (κ1) is 25.2. The van der Waals surface area contributed by atoms with Crippen LogP contribution >= 0.6 is 0 Å². The minimum atomic E-state index is 0.436. The summed E-state index contributed by atoms with van der Waals surface area (Å²) in [5.74, 6) is 2.49. The molecule has 0 saturated heterocycles. The summed E-state index contributed by atoms with van der Waals surface area (Å²) in [5, 5.41) is 17.5. The van der Waals surface area contributed by atoms with Gasteiger partial charge in [0.15, 0.2) is 0 Å². The van der Waals surface area contributed by atoms with Crippen LogP contribution in [0.4, 0.5) is 0 Å². The lowest BCUT2D eigenvalue weighted by atomic mass is 10.1. The molecular weight excluding hydrogens is 476 g/mol. The Balaban J connectivity index is 1.34. The summed E-state index contributed by atoms with van der Waals surface area (Å²) in [6, 6.07) is 23.8. The van der Waals surface area contributed by atoms with Crippen LogP contribution in [0.25, 0.3) is 33.9 Å². The number of aromatic nitrogens is 6. The Kier molecular flexibility index (Phi) is 7.49. The van der Waals surface area contributed by atoms with Crippen LogP contribution in [-0.2, 0) is 0 Å². The van der Waals surface area contributed by atoms with Crippen molar-refractivity contribution in [2.75, 3.05) is 13.2 Å². The number of hydrogen-bond donors (Lipinski definition) is 0. The highest BCUT2D eigenvalue weighted by atomic mass is 16.5. The average molecular weight is 509 g/mol. The maximum Gasteiger partial charge on any atom is 0.128 e. The van der Waals surface area contributed by atoms with Gasteiger partial charge in [-0.15, -0.1) is 10.2 Å². The van der Waals surface area contributed by atoms with Gasteiger partial charge < -0.3 is 9.47 Å². The molecule has 38 heavy (non-hydrogen) atoms. The molecule has 0 N–H and O–H groups in total. The highest BCUT2D eigenvalue weighted by Crippen LogP contribution is 2.30. The Morgan fingerprint density at radius 1 is 0.579 bits per heavy atom. The summed E-state index contributed by atoms with van der Waals surface area (Å²) < 4.78 is 15.5. The molecule has 0 bridgehead atoms. The molecule has 0 fully saturated rings. The summed E-state index contributed by atoms with van der Waals surface area (Å²) in [6.45, 7) is 9.81. The van der Waals surface area contributed by atoms with E-state index in [9.17, 15) is 0 Å². The van der Waals surface area contributed by atoms with Gasteiger partial charge in [-0.2, -0.15) is 0 Å². The van der Waals surface area contributed by atoms with E-state index in [1.807, 2.05) is 85.2 Å². The second-order valence-electron chi connectivity index (χ2n) is 10.0. The molecule has 0 unspecified atom stereocenters. The molecule has 8 heteroatoms. The first-order valence-electron chi connectivity index (χ1n) is 12.9. The summed E-state index contributed by atoms with van der Waals surface area (Å²) in [5.41, 5.74) is 5.13. The van der Waals surface area contributed by atoms with Crippen molar-refractivity contribution < 1.29 is 9.47 Å². The van der Waals surface area contributed by atoms with Crippen LogP contribution in [-0.4, -0.2) is 43.2 Å². The van der Waals surface area contributed by atoms with Crippen LogP contribution in [0.2, 0.25) is 0 Å². The molecule has 8 nitrogen and oxygen atoms in total. The lowest BCUT2D eigenvalue weighted by molar-refractivity contribution is 0.272. The molecule has 2 aromatic heterocycles. The summed E-state index contributed by atoms with van der Waals surface area (Å²) in [7, 11) is 0. The molecule has 0 radical (unpaired) electrons. The van der Waals surface area contributed by atoms with Crippen LogP contribution in [0.3, 0.4) is 0 Å². The van der Waals surface area contributed by atoms with Crippen molar-refractivity contribution in [3.63, 3.8) is 0 Å². The zero-order chi connectivity index (χ0) is 26.5. The van der Waals surface area contributed by atoms with Crippen LogP contribution in [0.1, 0.15) is 27.7 Å². The van der Waals surface area contributed by atoms with Gasteiger partial charge in [-0.1, -0.05) is 62.4 Å². The fourth-order valence-electron chi connectivity index (χ4n) is 3.91. The zero-order valence-corrected chi connectivity index (χ0v) is 22.2. The number of para-hydroxylation sites is 2. The highest BCUT2D eigenvalue weighted by molar-refractivity contribution is 5.67. The molecule has 3 aromatic carbocycles. The van der Waals surface area contributed by atoms with Gasteiger partial charge in [0.2, 0.25) is 0 Å². The molecule has 5 aromatic rings. The third-order valence-corrected chi connectivity index (χ3v) is 5.84. The molecule has 0 spiro atoms. The Hall–Kier alpha value is -4.46. The first-order valence-corrected chi connectivity index (χ1v) is 12.9. The van der Waals surface area contributed by atoms with E-state index in [2.05, 4.69) is 48.3 Å². The van der Waals surface area contributed by atoms with E-state index in [1.165, 1.54) is 0 Å². The van der Waals surface area contributed by atoms with E-state index in [4.69, 9.17) is 9.47 Å². The maximum atomic E-state index is 6.00. The van der Waals surface area contributed by atoms with E-state index in [0.717, 1.165) is 45.4 Å². The van der Waals surface area contributed by atoms with Gasteiger partial charge in [-0.05, 0) is 60.4 Å². The molecule has 0 amide bonds. The third-order valence-electron chi connectivity index (χ3n) is 5.84. The molecule has 0 aliphatic heterocycles. The largest absolute Gasteiger partial charge is 0.493 e. The lowest BCUT2D eigenvalue weighted by Gasteiger charge is -2.11. The van der Waals surface area contributed by atoms with E-state index in [-0.39, 0.29) is 0 Å². The monoisotopic (exact) mass is 508 g/mol. The second-order valence-corrected chi connectivity index (χ2v) is 10.0. The maximum absolute atomic E-state index is 6.00. The van der Waals surface area contributed by atoms with Gasteiger partial charge in [0.1, 0.15) is 22.9 Å². The molecular formula is C30H32N6O2. The Morgan fingerprint density at radius 2 is 0.974 bits per heavy atom. The Bertz CT molecular complexity index is 1370. The fourth-order valence-corrected chi connectivity index (χ4v) is 3.91. The zero-order valence-electron chi connectivity index (χ0n) is 22.2. The molecule has 194 valence electrons. The van der Waals surface area contributed by atoms with Gasteiger partial charge in [0.25, 0.3) is 0 Å². The predicted octanol–water partition coefficient (Wildman–Crippen LogP) is 6.25. The summed E-state index contributed by atoms with van der Waals surface area (Å²) in [4.78, 5) is 0. The van der Waals surface area contributed by atoms with Gasteiger partial charge in [0, 0.05) is 11.1 Å². The molecule has 0 atom stereocenters. The quantitative estimate of drug-likeness (QED) is 0.222. The molecule has 0 saturated carbocycles. The topological polar surface area (TPSA) is 79.9 Å². The van der Waals surface area contributed by atoms with E-state index in [0.29, 0.717) is 25.0 Å². The van der Waals surface area contributed by atoms with Crippen molar-refractivity contribution in [3.05, 3.63) is 85.2 Å². The molecule has 5 rings (SSSR count). The molecule has 0 aliphatic carbocycles. The number of rotatable bonds is 10. The lowest BCUT2D eigenvalue weighted by Crippen LogP contribution is -2.05. The smallest absolute Gasteiger partial charge is 0.128 e. The number of nitrogens with zero attached hydrogens (tertiary/aromatic N) is 6. The van der Waals surface area contributed by atoms with E-state index in [1.54, 1.807) is 9.36 Å². The van der Waals surface area contributed by atoms with Gasteiger partial charge in [-0.25, -0.2) is 9.36 Å². The summed E-state index contributed by atoms with van der Waals surface area (Å²) >= 11 is 0. The third kappa shape index (κ3) is 5.75. The minimum absolute atomic E-state index is 0.436.